The summed E-state index contributed by atoms with van der Waals surface area (Å²) in [5, 5.41) is 6.36. The molecule has 0 fully saturated rings. The van der Waals surface area contributed by atoms with Crippen LogP contribution in [0.1, 0.15) is 42.0 Å². The molecule has 2 aromatic heterocycles. The number of pyridine rings is 1. The number of benzene rings is 1. The molecule has 27 heavy (non-hydrogen) atoms. The Morgan fingerprint density at radius 3 is 2.59 bits per heavy atom. The second-order valence-corrected chi connectivity index (χ2v) is 6.37. The van der Waals surface area contributed by atoms with Gasteiger partial charge >= 0.3 is 0 Å². The average Bonchev–Trinajstić information content (AvgIpc) is 3.06. The minimum absolute atomic E-state index is 0.0758. The number of hydrogen-bond donors (Lipinski definition) is 1. The van der Waals surface area contributed by atoms with E-state index in [0.717, 1.165) is 0 Å². The fourth-order valence-electron chi connectivity index (χ4n) is 2.62. The van der Waals surface area contributed by atoms with E-state index in [9.17, 15) is 14.0 Å². The number of nitrogens with one attached hydrogen (secondary N) is 1. The van der Waals surface area contributed by atoms with Crippen LogP contribution in [0.15, 0.2) is 45.8 Å². The Hall–Kier alpha value is -3.29. The summed E-state index contributed by atoms with van der Waals surface area (Å²) in [7, 11) is 0. The first-order valence-electron chi connectivity index (χ1n) is 8.44. The third-order valence-electron chi connectivity index (χ3n) is 3.99. The molecular formula is C19H19FN4O3. The van der Waals surface area contributed by atoms with Gasteiger partial charge in [0.2, 0.25) is 5.89 Å². The number of rotatable bonds is 5. The molecule has 0 aliphatic heterocycles. The van der Waals surface area contributed by atoms with Gasteiger partial charge in [-0.25, -0.2) is 4.39 Å². The minimum atomic E-state index is -0.397. The van der Waals surface area contributed by atoms with Crippen molar-refractivity contribution >= 4 is 5.91 Å². The Morgan fingerprint density at radius 1 is 1.30 bits per heavy atom. The van der Waals surface area contributed by atoms with E-state index < -0.39 is 5.82 Å². The van der Waals surface area contributed by atoms with Gasteiger partial charge in [-0.2, -0.15) is 4.98 Å². The summed E-state index contributed by atoms with van der Waals surface area (Å²) in [6.07, 6.45) is 1.51. The van der Waals surface area contributed by atoms with Gasteiger partial charge in [-0.3, -0.25) is 9.59 Å². The second-order valence-electron chi connectivity index (χ2n) is 6.37. The van der Waals surface area contributed by atoms with Crippen molar-refractivity contribution in [3.63, 3.8) is 0 Å². The molecule has 0 saturated carbocycles. The first-order chi connectivity index (χ1) is 12.8. The van der Waals surface area contributed by atoms with Crippen LogP contribution in [0, 0.1) is 12.7 Å². The number of halogens is 1. The summed E-state index contributed by atoms with van der Waals surface area (Å²) in [6.45, 7) is 5.45. The Morgan fingerprint density at radius 2 is 2.00 bits per heavy atom. The van der Waals surface area contributed by atoms with Crippen LogP contribution >= 0.6 is 0 Å². The predicted octanol–water partition coefficient (Wildman–Crippen LogP) is 2.86. The number of nitrogens with zero attached hydrogens (tertiary/aromatic N) is 3. The van der Waals surface area contributed by atoms with E-state index >= 15 is 0 Å². The van der Waals surface area contributed by atoms with Crippen LogP contribution in [0.5, 0.6) is 0 Å². The van der Waals surface area contributed by atoms with Crippen molar-refractivity contribution in [2.45, 2.75) is 33.4 Å². The Balaban J connectivity index is 1.95. The molecule has 3 aromatic rings. The highest BCUT2D eigenvalue weighted by molar-refractivity contribution is 5.95. The van der Waals surface area contributed by atoms with Crippen LogP contribution in [-0.2, 0) is 6.54 Å². The molecule has 3 rings (SSSR count). The molecule has 0 saturated heterocycles. The summed E-state index contributed by atoms with van der Waals surface area (Å²) < 4.78 is 19.7. The lowest BCUT2D eigenvalue weighted by Gasteiger charge is -2.14. The van der Waals surface area contributed by atoms with Crippen LogP contribution in [0.2, 0.25) is 0 Å². The lowest BCUT2D eigenvalue weighted by atomic mass is 10.0. The monoisotopic (exact) mass is 370 g/mol. The largest absolute Gasteiger partial charge is 0.343 e. The molecule has 0 bridgehead atoms. The van der Waals surface area contributed by atoms with Crippen molar-refractivity contribution in [1.82, 2.24) is 20.0 Å². The zero-order chi connectivity index (χ0) is 19.6. The van der Waals surface area contributed by atoms with E-state index in [1.807, 2.05) is 13.8 Å². The van der Waals surface area contributed by atoms with Crippen LogP contribution in [0.4, 0.5) is 4.39 Å². The molecule has 0 radical (unpaired) electrons. The molecule has 1 N–H and O–H groups in total. The van der Waals surface area contributed by atoms with Gasteiger partial charge in [0, 0.05) is 17.8 Å². The smallest absolute Gasteiger partial charge is 0.258 e. The Kier molecular flexibility index (Phi) is 5.16. The van der Waals surface area contributed by atoms with Gasteiger partial charge in [-0.1, -0.05) is 17.3 Å². The number of aromatic nitrogens is 3. The van der Waals surface area contributed by atoms with Crippen molar-refractivity contribution in [3.05, 3.63) is 70.0 Å². The number of hydrogen-bond acceptors (Lipinski definition) is 5. The molecule has 0 unspecified atom stereocenters. The molecule has 7 nitrogen and oxygen atoms in total. The fraction of sp³-hybridized carbons (Fsp3) is 0.263. The highest BCUT2D eigenvalue weighted by atomic mass is 19.1. The second kappa shape index (κ2) is 7.53. The normalized spacial score (nSPS) is 11.0. The lowest BCUT2D eigenvalue weighted by molar-refractivity contribution is 0.0945. The van der Waals surface area contributed by atoms with Crippen LogP contribution in [0.3, 0.4) is 0 Å². The minimum Gasteiger partial charge on any atom is -0.343 e. The topological polar surface area (TPSA) is 90.0 Å². The molecule has 0 spiro atoms. The first kappa shape index (κ1) is 18.5. The van der Waals surface area contributed by atoms with Crippen molar-refractivity contribution < 1.29 is 13.7 Å². The molecule has 0 atom stereocenters. The van der Waals surface area contributed by atoms with Gasteiger partial charge < -0.3 is 14.4 Å². The third kappa shape index (κ3) is 4.11. The number of amides is 1. The SMILES string of the molecule is Cc1noc(CNC(=O)c2cc(-c3ccc(F)cc3)c(=O)n(C(C)C)c2)n1. The van der Waals surface area contributed by atoms with Crippen molar-refractivity contribution in [2.75, 3.05) is 0 Å². The zero-order valence-electron chi connectivity index (χ0n) is 15.2. The summed E-state index contributed by atoms with van der Waals surface area (Å²) in [6, 6.07) is 6.93. The molecule has 0 aliphatic carbocycles. The van der Waals surface area contributed by atoms with E-state index in [1.165, 1.54) is 41.1 Å². The van der Waals surface area contributed by atoms with E-state index in [1.54, 1.807) is 6.92 Å². The summed E-state index contributed by atoms with van der Waals surface area (Å²) in [4.78, 5) is 29.4. The van der Waals surface area contributed by atoms with Gasteiger partial charge in [-0.05, 0) is 44.5 Å². The van der Waals surface area contributed by atoms with Crippen LogP contribution in [-0.4, -0.2) is 20.6 Å². The van der Waals surface area contributed by atoms with Crippen LogP contribution < -0.4 is 10.9 Å². The zero-order valence-corrected chi connectivity index (χ0v) is 15.2. The molecule has 1 amide bonds. The number of aryl methyl sites for hydroxylation is 1. The predicted molar refractivity (Wildman–Crippen MR) is 96.7 cm³/mol. The molecule has 140 valence electrons. The Bertz CT molecular complexity index is 1020. The van der Waals surface area contributed by atoms with Gasteiger partial charge in [0.25, 0.3) is 11.5 Å². The van der Waals surface area contributed by atoms with Gasteiger partial charge in [0.15, 0.2) is 5.82 Å². The molecular weight excluding hydrogens is 351 g/mol. The van der Waals surface area contributed by atoms with E-state index in [4.69, 9.17) is 4.52 Å². The molecule has 8 heteroatoms. The lowest BCUT2D eigenvalue weighted by Crippen LogP contribution is -2.28. The third-order valence-corrected chi connectivity index (χ3v) is 3.99. The molecule has 1 aromatic carbocycles. The standard InChI is InChI=1S/C19H19FN4O3/c1-11(2)24-10-14(18(25)21-9-17-22-12(3)23-27-17)8-16(19(24)26)13-4-6-15(20)7-5-13/h4-8,10-11H,9H2,1-3H3,(H,21,25). The quantitative estimate of drug-likeness (QED) is 0.746. The Labute approximate surface area is 154 Å². The van der Waals surface area contributed by atoms with Crippen molar-refractivity contribution in [2.24, 2.45) is 0 Å². The van der Waals surface area contributed by atoms with E-state index in [0.29, 0.717) is 22.5 Å². The maximum absolute atomic E-state index is 13.2. The molecule has 0 aliphatic rings. The number of carbonyl (C=O) groups is 1. The van der Waals surface area contributed by atoms with Crippen molar-refractivity contribution in [1.29, 1.82) is 0 Å². The van der Waals surface area contributed by atoms with Gasteiger partial charge in [-0.15, -0.1) is 0 Å². The van der Waals surface area contributed by atoms with E-state index in [2.05, 4.69) is 15.5 Å². The number of carbonyl (C=O) groups excluding carboxylic acids is 1. The van der Waals surface area contributed by atoms with E-state index in [-0.39, 0.29) is 29.9 Å². The first-order valence-corrected chi connectivity index (χ1v) is 8.44. The summed E-state index contributed by atoms with van der Waals surface area (Å²) in [5.41, 5.74) is 0.919. The summed E-state index contributed by atoms with van der Waals surface area (Å²) >= 11 is 0. The van der Waals surface area contributed by atoms with Gasteiger partial charge in [0.1, 0.15) is 5.82 Å². The van der Waals surface area contributed by atoms with Crippen molar-refractivity contribution in [3.8, 4) is 11.1 Å². The van der Waals surface area contributed by atoms with Crippen LogP contribution in [0.25, 0.3) is 11.1 Å². The average molecular weight is 370 g/mol. The molecule has 2 heterocycles. The fourth-order valence-corrected chi connectivity index (χ4v) is 2.62. The highest BCUT2D eigenvalue weighted by Gasteiger charge is 2.16. The highest BCUT2D eigenvalue weighted by Crippen LogP contribution is 2.19. The van der Waals surface area contributed by atoms with Gasteiger partial charge in [0.05, 0.1) is 12.1 Å². The maximum Gasteiger partial charge on any atom is 0.258 e. The maximum atomic E-state index is 13.2. The summed E-state index contributed by atoms with van der Waals surface area (Å²) in [5.74, 6) is -0.0155.